The summed E-state index contributed by atoms with van der Waals surface area (Å²) in [5.74, 6) is -3.57. The Labute approximate surface area is 229 Å². The number of ketones is 1. The zero-order chi connectivity index (χ0) is 24.6. The van der Waals surface area contributed by atoms with E-state index in [1.54, 1.807) is 27.7 Å². The number of ether oxygens (including phenoxy) is 1. The Bertz CT molecular complexity index is 857. The maximum Gasteiger partial charge on any atom is 0.303 e. The van der Waals surface area contributed by atoms with Crippen LogP contribution in [0.5, 0.6) is 0 Å². The molecular formula is C23H36AcO9. The number of carbonyl (C=O) groups excluding carboxylic acids is 2. The number of hydrogen-bond acceptors (Lipinski definition) is 9. The van der Waals surface area contributed by atoms with Gasteiger partial charge in [0.15, 0.2) is 5.78 Å². The van der Waals surface area contributed by atoms with Crippen molar-refractivity contribution >= 4 is 11.8 Å². The van der Waals surface area contributed by atoms with Crippen LogP contribution in [0.2, 0.25) is 0 Å². The van der Waals surface area contributed by atoms with Gasteiger partial charge in [-0.2, -0.15) is 0 Å². The number of carbonyl (C=O) groups is 2. The van der Waals surface area contributed by atoms with Crippen molar-refractivity contribution in [1.29, 1.82) is 0 Å². The normalized spacial score (nSPS) is 47.1. The molecule has 0 aromatic carbocycles. The Balaban J connectivity index is 0.00000385. The fourth-order valence-corrected chi connectivity index (χ4v) is 6.68. The molecule has 185 valence electrons. The van der Waals surface area contributed by atoms with Gasteiger partial charge in [-0.1, -0.05) is 27.7 Å². The molecule has 0 amide bonds. The van der Waals surface area contributed by atoms with Gasteiger partial charge < -0.3 is 35.4 Å². The molecule has 2 bridgehead atoms. The molecule has 2 saturated carbocycles. The Morgan fingerprint density at radius 1 is 1.15 bits per heavy atom. The van der Waals surface area contributed by atoms with E-state index in [1.807, 2.05) is 0 Å². The van der Waals surface area contributed by atoms with Gasteiger partial charge in [0.1, 0.15) is 23.4 Å². The first-order chi connectivity index (χ1) is 14.5. The molecule has 6 N–H and O–H groups in total. The van der Waals surface area contributed by atoms with Gasteiger partial charge in [0.2, 0.25) is 0 Å². The molecule has 0 aromatic rings. The molecule has 33 heavy (non-hydrogen) atoms. The van der Waals surface area contributed by atoms with Crippen molar-refractivity contribution in [1.82, 2.24) is 0 Å². The van der Waals surface area contributed by atoms with Gasteiger partial charge in [-0.05, 0) is 30.4 Å². The standard InChI is InChI=1S/C23H36O9.Ac/c1-10-7-14(27)22(30,9-24)17-19(32-12(3)25)23(31)8-13(26)11(2)15(20(23,4)5)16(28)18(29)21(10,17)6;/h10,13-14,16-17,19,24,26-28,30-31H,7-9H2,1-6H3;/t10-,13-,14-,16+,17?,19-,21+,22-,23+;/m0./s1. The molecule has 2 fully saturated rings. The van der Waals surface area contributed by atoms with Crippen LogP contribution < -0.4 is 0 Å². The minimum atomic E-state index is -2.32. The SMILES string of the molecule is CC(=O)O[C@H]1C2[C@](O)(CO)[C@@H](O)C[C@H](C)[C@@]2(C)C(=O)[C@H](O)C2=C(C)[C@@H](O)C[C@]1(O)C2(C)C.[Ac]. The maximum absolute atomic E-state index is 13.9. The van der Waals surface area contributed by atoms with Crippen LogP contribution in [0.25, 0.3) is 0 Å². The van der Waals surface area contributed by atoms with Crippen molar-refractivity contribution in [2.75, 3.05) is 6.61 Å². The number of aliphatic hydroxyl groups is 6. The van der Waals surface area contributed by atoms with E-state index in [9.17, 15) is 40.2 Å². The fourth-order valence-electron chi connectivity index (χ4n) is 6.68. The molecule has 0 saturated heterocycles. The fraction of sp³-hybridized carbons (Fsp3) is 0.826. The van der Waals surface area contributed by atoms with Crippen molar-refractivity contribution in [3.05, 3.63) is 11.1 Å². The van der Waals surface area contributed by atoms with Crippen molar-refractivity contribution in [3.8, 4) is 0 Å². The molecule has 10 heteroatoms. The summed E-state index contributed by atoms with van der Waals surface area (Å²) in [5, 5.41) is 66.7. The van der Waals surface area contributed by atoms with Crippen molar-refractivity contribution in [2.24, 2.45) is 22.7 Å². The predicted molar refractivity (Wildman–Crippen MR) is 112 cm³/mol. The van der Waals surface area contributed by atoms with E-state index < -0.39 is 76.6 Å². The zero-order valence-electron chi connectivity index (χ0n) is 20.1. The molecule has 0 heterocycles. The molecule has 3 aliphatic carbocycles. The van der Waals surface area contributed by atoms with Crippen LogP contribution in [0.3, 0.4) is 0 Å². The Morgan fingerprint density at radius 2 is 1.70 bits per heavy atom. The van der Waals surface area contributed by atoms with Crippen LogP contribution in [0.4, 0.5) is 0 Å². The molecule has 3 rings (SSSR count). The van der Waals surface area contributed by atoms with Crippen LogP contribution >= 0.6 is 0 Å². The van der Waals surface area contributed by atoms with E-state index in [2.05, 4.69) is 0 Å². The van der Waals surface area contributed by atoms with Gasteiger partial charge in [0, 0.05) is 74.2 Å². The van der Waals surface area contributed by atoms with Gasteiger partial charge in [-0.3, -0.25) is 9.59 Å². The summed E-state index contributed by atoms with van der Waals surface area (Å²) in [6, 6.07) is 0. The van der Waals surface area contributed by atoms with Crippen LogP contribution in [-0.2, 0) is 14.3 Å². The van der Waals surface area contributed by atoms with Crippen LogP contribution in [0, 0.1) is 66.7 Å². The number of aliphatic hydroxyl groups excluding tert-OH is 4. The molecule has 1 unspecified atom stereocenters. The summed E-state index contributed by atoms with van der Waals surface area (Å²) in [7, 11) is 0. The van der Waals surface area contributed by atoms with Crippen molar-refractivity contribution < 1.29 is 89.0 Å². The minimum Gasteiger partial charge on any atom is -0.459 e. The van der Waals surface area contributed by atoms with Crippen LogP contribution in [0.1, 0.15) is 54.4 Å². The summed E-state index contributed by atoms with van der Waals surface area (Å²) >= 11 is 0. The predicted octanol–water partition coefficient (Wildman–Crippen LogP) is -0.553. The van der Waals surface area contributed by atoms with E-state index in [4.69, 9.17) is 4.74 Å². The zero-order valence-corrected chi connectivity index (χ0v) is 24.8. The minimum absolute atomic E-state index is 0. The molecule has 9 nitrogen and oxygen atoms in total. The molecule has 0 spiro atoms. The Hall–Kier alpha value is 0.0816. The van der Waals surface area contributed by atoms with Crippen molar-refractivity contribution in [3.63, 3.8) is 0 Å². The third-order valence-corrected chi connectivity index (χ3v) is 8.92. The quantitative estimate of drug-likeness (QED) is 0.166. The first kappa shape index (κ1) is 29.3. The molecule has 0 aromatic heterocycles. The van der Waals surface area contributed by atoms with Gasteiger partial charge in [0.05, 0.1) is 18.8 Å². The number of hydrogen-bond donors (Lipinski definition) is 6. The van der Waals surface area contributed by atoms with Gasteiger partial charge in [0.25, 0.3) is 0 Å². The average Bonchev–Trinajstić information content (AvgIpc) is 2.68. The number of fused-ring (bicyclic) bond motifs is 3. The van der Waals surface area contributed by atoms with E-state index in [-0.39, 0.29) is 62.5 Å². The third-order valence-electron chi connectivity index (χ3n) is 8.92. The summed E-state index contributed by atoms with van der Waals surface area (Å²) < 4.78 is 5.61. The summed E-state index contributed by atoms with van der Waals surface area (Å²) in [6.07, 6.45) is -6.38. The molecule has 9 atom stereocenters. The molecular weight excluding hydrogens is 647 g/mol. The van der Waals surface area contributed by atoms with Crippen LogP contribution in [0.15, 0.2) is 11.1 Å². The Morgan fingerprint density at radius 3 is 2.18 bits per heavy atom. The Kier molecular flexibility index (Phi) is 8.16. The van der Waals surface area contributed by atoms with Gasteiger partial charge in [-0.15, -0.1) is 0 Å². The van der Waals surface area contributed by atoms with E-state index >= 15 is 0 Å². The first-order valence-electron chi connectivity index (χ1n) is 11.0. The number of rotatable bonds is 2. The van der Waals surface area contributed by atoms with Crippen LogP contribution in [-0.4, -0.2) is 84.6 Å². The summed E-state index contributed by atoms with van der Waals surface area (Å²) in [6.45, 7) is 8.06. The molecule has 0 aliphatic heterocycles. The second-order valence-electron chi connectivity index (χ2n) is 10.7. The first-order valence-corrected chi connectivity index (χ1v) is 11.0. The van der Waals surface area contributed by atoms with Gasteiger partial charge in [-0.25, -0.2) is 0 Å². The third kappa shape index (κ3) is 3.83. The second-order valence-corrected chi connectivity index (χ2v) is 10.7. The summed E-state index contributed by atoms with van der Waals surface area (Å²) in [5.41, 5.74) is -6.82. The van der Waals surface area contributed by atoms with E-state index in [0.717, 1.165) is 6.92 Å². The monoisotopic (exact) mass is 683 g/mol. The molecule has 3 aliphatic rings. The van der Waals surface area contributed by atoms with Crippen molar-refractivity contribution in [2.45, 2.75) is 90.0 Å². The number of esters is 1. The van der Waals surface area contributed by atoms with E-state index in [0.29, 0.717) is 5.57 Å². The number of Topliss-reactive ketones (excluding diaryl/α,β-unsaturated/α-hetero) is 1. The van der Waals surface area contributed by atoms with Gasteiger partial charge >= 0.3 is 5.97 Å². The summed E-state index contributed by atoms with van der Waals surface area (Å²) in [4.78, 5) is 26.1. The van der Waals surface area contributed by atoms with E-state index in [1.165, 1.54) is 6.92 Å². The molecule has 1 radical (unpaired) electrons. The second kappa shape index (κ2) is 9.19. The average molecular weight is 684 g/mol. The topological polar surface area (TPSA) is 165 Å². The maximum atomic E-state index is 13.9. The largest absolute Gasteiger partial charge is 0.459 e. The smallest absolute Gasteiger partial charge is 0.303 e.